The Kier molecular flexibility index (Phi) is 5.75. The maximum Gasteiger partial charge on any atom is 0.281 e. The highest BCUT2D eigenvalue weighted by Crippen LogP contribution is 2.29. The van der Waals surface area contributed by atoms with E-state index in [4.69, 9.17) is 4.74 Å². The van der Waals surface area contributed by atoms with E-state index < -0.39 is 10.2 Å². The first-order valence-corrected chi connectivity index (χ1v) is 9.62. The fraction of sp³-hybridized carbons (Fsp3) is 0.588. The molecule has 1 saturated heterocycles. The van der Waals surface area contributed by atoms with Crippen LogP contribution in [0.5, 0.6) is 5.75 Å². The number of carbonyl (C=O) groups is 1. The van der Waals surface area contributed by atoms with Gasteiger partial charge in [-0.3, -0.25) is 4.79 Å². The predicted molar refractivity (Wildman–Crippen MR) is 97.3 cm³/mol. The number of benzene rings is 1. The van der Waals surface area contributed by atoms with Crippen LogP contribution < -0.4 is 4.74 Å². The molecule has 8 heteroatoms. The molecule has 0 bridgehead atoms. The minimum atomic E-state index is -3.43. The van der Waals surface area contributed by atoms with Crippen molar-refractivity contribution in [1.82, 2.24) is 13.5 Å². The van der Waals surface area contributed by atoms with Gasteiger partial charge in [0.2, 0.25) is 0 Å². The number of piperazine rings is 1. The van der Waals surface area contributed by atoms with Gasteiger partial charge in [-0.05, 0) is 43.5 Å². The van der Waals surface area contributed by atoms with Crippen LogP contribution in [0.2, 0.25) is 0 Å². The third-order valence-corrected chi connectivity index (χ3v) is 6.71. The summed E-state index contributed by atoms with van der Waals surface area (Å²) < 4.78 is 32.4. The number of amides is 1. The monoisotopic (exact) mass is 369 g/mol. The standard InChI is InChI=1S/C17H27N3O4S/c1-12-11-15(13(2)14(3)16(12)24-6)17(21)19-7-9-20(10-8-19)25(22,23)18(4)5/h11H,7-10H2,1-6H3. The summed E-state index contributed by atoms with van der Waals surface area (Å²) in [4.78, 5) is 14.6. The van der Waals surface area contributed by atoms with Crippen LogP contribution in [-0.4, -0.2) is 75.2 Å². The Hall–Kier alpha value is -1.64. The van der Waals surface area contributed by atoms with Gasteiger partial charge in [0.15, 0.2) is 0 Å². The summed E-state index contributed by atoms with van der Waals surface area (Å²) in [5.41, 5.74) is 3.43. The number of rotatable bonds is 4. The summed E-state index contributed by atoms with van der Waals surface area (Å²) >= 11 is 0. The summed E-state index contributed by atoms with van der Waals surface area (Å²) in [5, 5.41) is 0. The van der Waals surface area contributed by atoms with Gasteiger partial charge in [-0.25, -0.2) is 0 Å². The molecule has 0 unspecified atom stereocenters. The highest BCUT2D eigenvalue weighted by molar-refractivity contribution is 7.86. The molecule has 0 saturated carbocycles. The number of aryl methyl sites for hydroxylation is 1. The second-order valence-corrected chi connectivity index (χ2v) is 8.65. The number of hydrogen-bond donors (Lipinski definition) is 0. The molecular formula is C17H27N3O4S. The minimum absolute atomic E-state index is 0.0618. The van der Waals surface area contributed by atoms with E-state index in [1.54, 1.807) is 12.0 Å². The average molecular weight is 369 g/mol. The van der Waals surface area contributed by atoms with Crippen LogP contribution >= 0.6 is 0 Å². The van der Waals surface area contributed by atoms with Crippen LogP contribution in [0, 0.1) is 20.8 Å². The number of methoxy groups -OCH3 is 1. The van der Waals surface area contributed by atoms with Gasteiger partial charge in [0.1, 0.15) is 5.75 Å². The zero-order valence-electron chi connectivity index (χ0n) is 15.8. The van der Waals surface area contributed by atoms with Crippen LogP contribution in [0.15, 0.2) is 6.07 Å². The molecule has 0 spiro atoms. The van der Waals surface area contributed by atoms with Gasteiger partial charge in [-0.1, -0.05) is 0 Å². The molecular weight excluding hydrogens is 342 g/mol. The van der Waals surface area contributed by atoms with Crippen molar-refractivity contribution in [3.05, 3.63) is 28.3 Å². The molecule has 0 atom stereocenters. The van der Waals surface area contributed by atoms with Gasteiger partial charge in [0.25, 0.3) is 16.1 Å². The zero-order valence-corrected chi connectivity index (χ0v) is 16.6. The molecule has 25 heavy (non-hydrogen) atoms. The molecule has 7 nitrogen and oxygen atoms in total. The first-order chi connectivity index (χ1) is 11.6. The van der Waals surface area contributed by atoms with Gasteiger partial charge in [0, 0.05) is 45.8 Å². The topological polar surface area (TPSA) is 70.2 Å². The summed E-state index contributed by atoms with van der Waals surface area (Å²) in [6.45, 7) is 7.16. The molecule has 1 aromatic carbocycles. The summed E-state index contributed by atoms with van der Waals surface area (Å²) in [5.74, 6) is 0.740. The lowest BCUT2D eigenvalue weighted by molar-refractivity contribution is 0.0694. The molecule has 0 aliphatic carbocycles. The Morgan fingerprint density at radius 3 is 2.12 bits per heavy atom. The average Bonchev–Trinajstić information content (AvgIpc) is 2.58. The Morgan fingerprint density at radius 1 is 1.08 bits per heavy atom. The molecule has 0 aromatic heterocycles. The molecule has 1 fully saturated rings. The van der Waals surface area contributed by atoms with E-state index in [-0.39, 0.29) is 5.91 Å². The smallest absolute Gasteiger partial charge is 0.281 e. The van der Waals surface area contributed by atoms with E-state index in [1.165, 1.54) is 22.7 Å². The van der Waals surface area contributed by atoms with Crippen LogP contribution in [-0.2, 0) is 10.2 Å². The lowest BCUT2D eigenvalue weighted by Crippen LogP contribution is -2.53. The van der Waals surface area contributed by atoms with Crippen molar-refractivity contribution in [1.29, 1.82) is 0 Å². The van der Waals surface area contributed by atoms with E-state index in [1.807, 2.05) is 26.8 Å². The maximum absolute atomic E-state index is 12.9. The largest absolute Gasteiger partial charge is 0.496 e. The van der Waals surface area contributed by atoms with E-state index >= 15 is 0 Å². The molecule has 0 radical (unpaired) electrons. The van der Waals surface area contributed by atoms with Crippen LogP contribution in [0.25, 0.3) is 0 Å². The molecule has 1 aliphatic rings. The van der Waals surface area contributed by atoms with E-state index in [0.29, 0.717) is 31.7 Å². The van der Waals surface area contributed by atoms with Crippen LogP contribution in [0.4, 0.5) is 0 Å². The summed E-state index contributed by atoms with van der Waals surface area (Å²) in [6.07, 6.45) is 0. The highest BCUT2D eigenvalue weighted by atomic mass is 32.2. The number of hydrogen-bond acceptors (Lipinski definition) is 4. The summed E-state index contributed by atoms with van der Waals surface area (Å²) in [7, 11) is 1.22. The Morgan fingerprint density at radius 2 is 1.64 bits per heavy atom. The van der Waals surface area contributed by atoms with Crippen molar-refractivity contribution in [3.8, 4) is 5.75 Å². The third-order valence-electron chi connectivity index (χ3n) is 4.77. The van der Waals surface area contributed by atoms with Crippen molar-refractivity contribution >= 4 is 16.1 Å². The minimum Gasteiger partial charge on any atom is -0.496 e. The molecule has 1 amide bonds. The molecule has 1 aliphatic heterocycles. The third kappa shape index (κ3) is 3.65. The number of nitrogens with zero attached hydrogens (tertiary/aromatic N) is 3. The van der Waals surface area contributed by atoms with Gasteiger partial charge >= 0.3 is 0 Å². The molecule has 1 aromatic rings. The maximum atomic E-state index is 12.9. The Bertz CT molecular complexity index is 767. The molecule has 0 N–H and O–H groups in total. The molecule has 2 rings (SSSR count). The fourth-order valence-corrected chi connectivity index (χ4v) is 4.20. The quantitative estimate of drug-likeness (QED) is 0.799. The second kappa shape index (κ2) is 7.31. The summed E-state index contributed by atoms with van der Waals surface area (Å²) in [6, 6.07) is 1.85. The van der Waals surface area contributed by atoms with Crippen molar-refractivity contribution in [2.24, 2.45) is 0 Å². The Balaban J connectivity index is 2.19. The first kappa shape index (κ1) is 19.7. The fourth-order valence-electron chi connectivity index (χ4n) is 3.12. The predicted octanol–water partition coefficient (Wildman–Crippen LogP) is 1.18. The zero-order chi connectivity index (χ0) is 18.9. The van der Waals surface area contributed by atoms with Crippen LogP contribution in [0.3, 0.4) is 0 Å². The first-order valence-electron chi connectivity index (χ1n) is 8.23. The van der Waals surface area contributed by atoms with E-state index in [9.17, 15) is 13.2 Å². The normalized spacial score (nSPS) is 16.4. The number of carbonyl (C=O) groups excluding carboxylic acids is 1. The van der Waals surface area contributed by atoms with Crippen molar-refractivity contribution in [3.63, 3.8) is 0 Å². The Labute approximate surface area is 150 Å². The van der Waals surface area contributed by atoms with E-state index in [2.05, 4.69) is 0 Å². The van der Waals surface area contributed by atoms with Crippen LogP contribution in [0.1, 0.15) is 27.0 Å². The molecule has 140 valence electrons. The lowest BCUT2D eigenvalue weighted by atomic mass is 9.97. The van der Waals surface area contributed by atoms with Crippen molar-refractivity contribution < 1.29 is 17.9 Å². The highest BCUT2D eigenvalue weighted by Gasteiger charge is 2.31. The van der Waals surface area contributed by atoms with E-state index in [0.717, 1.165) is 22.4 Å². The lowest BCUT2D eigenvalue weighted by Gasteiger charge is -2.35. The SMILES string of the molecule is COc1c(C)cc(C(=O)N2CCN(S(=O)(=O)N(C)C)CC2)c(C)c1C. The van der Waals surface area contributed by atoms with Crippen molar-refractivity contribution in [2.75, 3.05) is 47.4 Å². The van der Waals surface area contributed by atoms with Gasteiger partial charge in [-0.15, -0.1) is 0 Å². The number of ether oxygens (including phenoxy) is 1. The van der Waals surface area contributed by atoms with Gasteiger partial charge in [0.05, 0.1) is 7.11 Å². The van der Waals surface area contributed by atoms with Gasteiger partial charge < -0.3 is 9.64 Å². The second-order valence-electron chi connectivity index (χ2n) is 6.51. The van der Waals surface area contributed by atoms with Crippen molar-refractivity contribution in [2.45, 2.75) is 20.8 Å². The van der Waals surface area contributed by atoms with Gasteiger partial charge in [-0.2, -0.15) is 17.0 Å². The molecule has 1 heterocycles.